The maximum atomic E-state index is 12.1. The molecule has 0 spiro atoms. The van der Waals surface area contributed by atoms with E-state index in [2.05, 4.69) is 9.71 Å². The van der Waals surface area contributed by atoms with Crippen molar-refractivity contribution < 1.29 is 17.9 Å². The van der Waals surface area contributed by atoms with Crippen LogP contribution in [0.3, 0.4) is 0 Å². The Morgan fingerprint density at radius 1 is 1.04 bits per heavy atom. The van der Waals surface area contributed by atoms with E-state index in [1.165, 1.54) is 12.1 Å². The van der Waals surface area contributed by atoms with Crippen molar-refractivity contribution in [3.63, 3.8) is 0 Å². The third-order valence-corrected chi connectivity index (χ3v) is 5.20. The predicted octanol–water partition coefficient (Wildman–Crippen LogP) is 2.72. The number of rotatable bonds is 5. The van der Waals surface area contributed by atoms with Gasteiger partial charge >= 0.3 is 5.97 Å². The van der Waals surface area contributed by atoms with E-state index in [0.717, 1.165) is 5.56 Å². The van der Waals surface area contributed by atoms with Crippen molar-refractivity contribution >= 4 is 28.0 Å². The Hall–Kier alpha value is -2.77. The number of nitrogens with one attached hydrogen (secondary N) is 1. The molecule has 3 rings (SSSR count). The summed E-state index contributed by atoms with van der Waals surface area (Å²) in [6.45, 7) is 3.50. The molecule has 0 saturated heterocycles. The number of cyclic esters (lactones) is 1. The van der Waals surface area contributed by atoms with Gasteiger partial charge in [0.15, 0.2) is 5.70 Å². The summed E-state index contributed by atoms with van der Waals surface area (Å²) in [5.41, 5.74) is 1.56. The molecule has 0 radical (unpaired) electrons. The van der Waals surface area contributed by atoms with E-state index in [0.29, 0.717) is 5.56 Å². The van der Waals surface area contributed by atoms with E-state index in [9.17, 15) is 13.2 Å². The fourth-order valence-electron chi connectivity index (χ4n) is 2.39. The molecule has 6 nitrogen and oxygen atoms in total. The average Bonchev–Trinajstić information content (AvgIpc) is 2.95. The minimum Gasteiger partial charge on any atom is -0.402 e. The number of carbonyl (C=O) groups is 1. The number of hydrogen-bond acceptors (Lipinski definition) is 5. The van der Waals surface area contributed by atoms with Gasteiger partial charge in [0, 0.05) is 11.6 Å². The Bertz CT molecular complexity index is 976. The minimum atomic E-state index is -3.57. The van der Waals surface area contributed by atoms with Crippen LogP contribution in [0.15, 0.2) is 70.2 Å². The smallest absolute Gasteiger partial charge is 0.363 e. The number of sulfonamides is 1. The number of aliphatic imine (C=N–C) groups is 1. The van der Waals surface area contributed by atoms with Crippen LogP contribution in [0.1, 0.15) is 25.0 Å². The van der Waals surface area contributed by atoms with E-state index in [-0.39, 0.29) is 22.5 Å². The van der Waals surface area contributed by atoms with Gasteiger partial charge in [0.1, 0.15) is 0 Å². The van der Waals surface area contributed by atoms with Gasteiger partial charge in [-0.15, -0.1) is 0 Å². The molecule has 0 atom stereocenters. The number of nitrogens with zero attached hydrogens (tertiary/aromatic N) is 1. The second-order valence-electron chi connectivity index (χ2n) is 6.05. The van der Waals surface area contributed by atoms with Crippen LogP contribution in [0.25, 0.3) is 6.08 Å². The van der Waals surface area contributed by atoms with Crippen molar-refractivity contribution in [3.05, 3.63) is 71.4 Å². The highest BCUT2D eigenvalue weighted by Gasteiger charge is 2.24. The number of benzene rings is 2. The van der Waals surface area contributed by atoms with E-state index in [4.69, 9.17) is 4.74 Å². The lowest BCUT2D eigenvalue weighted by atomic mass is 10.2. The molecular formula is C19H18N2O4S. The molecule has 0 bridgehead atoms. The van der Waals surface area contributed by atoms with Crippen LogP contribution < -0.4 is 4.72 Å². The normalized spacial score (nSPS) is 16.0. The Kier molecular flexibility index (Phi) is 5.01. The lowest BCUT2D eigenvalue weighted by Crippen LogP contribution is -2.30. The van der Waals surface area contributed by atoms with E-state index in [1.54, 1.807) is 32.1 Å². The summed E-state index contributed by atoms with van der Waals surface area (Å²) in [6, 6.07) is 15.1. The molecule has 0 aliphatic carbocycles. The van der Waals surface area contributed by atoms with Crippen LogP contribution in [0, 0.1) is 0 Å². The van der Waals surface area contributed by atoms with Crippen molar-refractivity contribution in [1.29, 1.82) is 0 Å². The highest BCUT2D eigenvalue weighted by Crippen LogP contribution is 2.20. The first-order valence-corrected chi connectivity index (χ1v) is 9.54. The fraction of sp³-hybridized carbons (Fsp3) is 0.158. The molecule has 2 aromatic rings. The van der Waals surface area contributed by atoms with Crippen LogP contribution in [-0.4, -0.2) is 26.3 Å². The zero-order valence-electron chi connectivity index (χ0n) is 14.3. The fourth-order valence-corrected chi connectivity index (χ4v) is 3.65. The second-order valence-corrected chi connectivity index (χ2v) is 7.76. The quantitative estimate of drug-likeness (QED) is 0.648. The molecule has 0 saturated carbocycles. The van der Waals surface area contributed by atoms with Gasteiger partial charge in [-0.1, -0.05) is 30.3 Å². The van der Waals surface area contributed by atoms with Crippen LogP contribution in [0.5, 0.6) is 0 Å². The first kappa shape index (κ1) is 18.0. The average molecular weight is 370 g/mol. The highest BCUT2D eigenvalue weighted by molar-refractivity contribution is 7.89. The molecule has 1 heterocycles. The monoisotopic (exact) mass is 370 g/mol. The summed E-state index contributed by atoms with van der Waals surface area (Å²) in [5, 5.41) is 0. The van der Waals surface area contributed by atoms with Gasteiger partial charge in [-0.05, 0) is 49.8 Å². The molecule has 1 aliphatic heterocycles. The largest absolute Gasteiger partial charge is 0.402 e. The van der Waals surface area contributed by atoms with E-state index in [1.807, 2.05) is 30.3 Å². The third kappa shape index (κ3) is 4.07. The highest BCUT2D eigenvalue weighted by atomic mass is 32.2. The van der Waals surface area contributed by atoms with Crippen LogP contribution in [-0.2, 0) is 19.6 Å². The van der Waals surface area contributed by atoms with Crippen molar-refractivity contribution in [2.45, 2.75) is 24.8 Å². The van der Waals surface area contributed by atoms with Crippen LogP contribution in [0.2, 0.25) is 0 Å². The van der Waals surface area contributed by atoms with Gasteiger partial charge in [-0.2, -0.15) is 0 Å². The molecule has 0 fully saturated rings. The van der Waals surface area contributed by atoms with Gasteiger partial charge < -0.3 is 4.74 Å². The molecule has 7 heteroatoms. The summed E-state index contributed by atoms with van der Waals surface area (Å²) < 4.78 is 32.0. The Labute approximate surface area is 152 Å². The SMILES string of the molecule is CC(C)NS(=O)(=O)c1ccc(C2=N/C(=C\c3ccccc3)C(=O)O2)cc1. The molecule has 2 aromatic carbocycles. The Morgan fingerprint density at radius 2 is 1.69 bits per heavy atom. The number of hydrogen-bond donors (Lipinski definition) is 1. The van der Waals surface area contributed by atoms with Gasteiger partial charge in [0.2, 0.25) is 15.9 Å². The van der Waals surface area contributed by atoms with Gasteiger partial charge in [0.05, 0.1) is 4.90 Å². The summed E-state index contributed by atoms with van der Waals surface area (Å²) >= 11 is 0. The topological polar surface area (TPSA) is 84.8 Å². The van der Waals surface area contributed by atoms with Gasteiger partial charge in [-0.3, -0.25) is 0 Å². The number of ether oxygens (including phenoxy) is 1. The summed E-state index contributed by atoms with van der Waals surface area (Å²) in [6.07, 6.45) is 1.64. The molecule has 134 valence electrons. The van der Waals surface area contributed by atoms with Crippen molar-refractivity contribution in [3.8, 4) is 0 Å². The first-order chi connectivity index (χ1) is 12.3. The second kappa shape index (κ2) is 7.23. The first-order valence-electron chi connectivity index (χ1n) is 8.05. The van der Waals surface area contributed by atoms with Crippen LogP contribution in [0.4, 0.5) is 0 Å². The summed E-state index contributed by atoms with van der Waals surface area (Å²) in [7, 11) is -3.57. The Balaban J connectivity index is 1.85. The molecule has 1 aliphatic rings. The summed E-state index contributed by atoms with van der Waals surface area (Å²) in [4.78, 5) is 16.4. The lowest BCUT2D eigenvalue weighted by Gasteiger charge is -2.09. The minimum absolute atomic E-state index is 0.139. The third-order valence-electron chi connectivity index (χ3n) is 3.53. The standard InChI is InChI=1S/C19H18N2O4S/c1-13(2)21-26(23,24)16-10-8-15(9-11-16)18-20-17(19(22)25-18)12-14-6-4-3-5-7-14/h3-13,21H,1-2H3/b17-12-. The maximum absolute atomic E-state index is 12.1. The van der Waals surface area contributed by atoms with Crippen LogP contribution >= 0.6 is 0 Å². The number of esters is 1. The lowest BCUT2D eigenvalue weighted by molar-refractivity contribution is -0.129. The Morgan fingerprint density at radius 3 is 2.31 bits per heavy atom. The molecule has 1 N–H and O–H groups in total. The van der Waals surface area contributed by atoms with Gasteiger partial charge in [-0.25, -0.2) is 22.9 Å². The van der Waals surface area contributed by atoms with Gasteiger partial charge in [0.25, 0.3) is 0 Å². The molecule has 0 aromatic heterocycles. The molecule has 0 amide bonds. The van der Waals surface area contributed by atoms with E-state index >= 15 is 0 Å². The van der Waals surface area contributed by atoms with E-state index < -0.39 is 16.0 Å². The molecular weight excluding hydrogens is 352 g/mol. The van der Waals surface area contributed by atoms with Crippen molar-refractivity contribution in [1.82, 2.24) is 4.72 Å². The molecule has 26 heavy (non-hydrogen) atoms. The number of carbonyl (C=O) groups excluding carboxylic acids is 1. The summed E-state index contributed by atoms with van der Waals surface area (Å²) in [5.74, 6) is -0.389. The predicted molar refractivity (Wildman–Crippen MR) is 98.9 cm³/mol. The maximum Gasteiger partial charge on any atom is 0.363 e. The van der Waals surface area contributed by atoms with Crippen molar-refractivity contribution in [2.24, 2.45) is 4.99 Å². The zero-order chi connectivity index (χ0) is 18.7. The zero-order valence-corrected chi connectivity index (χ0v) is 15.2. The molecule has 0 unspecified atom stereocenters. The van der Waals surface area contributed by atoms with Crippen molar-refractivity contribution in [2.75, 3.05) is 0 Å².